The maximum absolute atomic E-state index is 12.9. The molecule has 1 aliphatic heterocycles. The molecule has 2 aromatic rings. The molecule has 1 fully saturated rings. The van der Waals surface area contributed by atoms with Crippen LogP contribution < -0.4 is 15.1 Å². The Bertz CT molecular complexity index is 849. The summed E-state index contributed by atoms with van der Waals surface area (Å²) >= 11 is 0. The fourth-order valence-electron chi connectivity index (χ4n) is 3.70. The normalized spacial score (nSPS) is 14.0. The summed E-state index contributed by atoms with van der Waals surface area (Å²) in [6.07, 6.45) is 0. The van der Waals surface area contributed by atoms with Gasteiger partial charge in [0.15, 0.2) is 0 Å². The topological polar surface area (TPSA) is 65.1 Å². The smallest absolute Gasteiger partial charge is 0.241 e. The van der Waals surface area contributed by atoms with Gasteiger partial charge in [0.05, 0.1) is 26.3 Å². The molecule has 0 spiro atoms. The number of nitrogens with zero attached hydrogens (tertiary/aromatic N) is 3. The molecule has 0 atom stereocenters. The number of carbonyl (C=O) groups excluding carboxylic acids is 2. The summed E-state index contributed by atoms with van der Waals surface area (Å²) in [6, 6.07) is 17.5. The first kappa shape index (κ1) is 22.8. The van der Waals surface area contributed by atoms with E-state index >= 15 is 0 Å². The number of nitrogens with one attached hydrogen (secondary N) is 1. The molecule has 7 heteroatoms. The van der Waals surface area contributed by atoms with Crippen LogP contribution in [-0.4, -0.2) is 69.2 Å². The van der Waals surface area contributed by atoms with Crippen LogP contribution in [0.3, 0.4) is 0 Å². The average molecular weight is 425 g/mol. The van der Waals surface area contributed by atoms with Gasteiger partial charge in [-0.05, 0) is 57.3 Å². The van der Waals surface area contributed by atoms with E-state index in [2.05, 4.69) is 10.2 Å². The monoisotopic (exact) mass is 424 g/mol. The van der Waals surface area contributed by atoms with Crippen LogP contribution in [0.4, 0.5) is 17.1 Å². The van der Waals surface area contributed by atoms with Crippen molar-refractivity contribution < 1.29 is 14.3 Å². The number of hydrogen-bond acceptors (Lipinski definition) is 5. The number of ether oxygens (including phenoxy) is 1. The number of likely N-dealkylation sites (N-methyl/N-ethyl adjacent to an activating group) is 1. The summed E-state index contributed by atoms with van der Waals surface area (Å²) in [5.74, 6) is -0.184. The van der Waals surface area contributed by atoms with Crippen molar-refractivity contribution in [1.82, 2.24) is 4.90 Å². The molecule has 2 amide bonds. The van der Waals surface area contributed by atoms with Gasteiger partial charge >= 0.3 is 0 Å². The molecule has 1 heterocycles. The Balaban J connectivity index is 1.51. The SMILES string of the molecule is CC(C)N(C(=O)CN(C)CC(=O)Nc1ccc(N2CCOCC2)cc1)c1ccccc1. The van der Waals surface area contributed by atoms with Crippen molar-refractivity contribution in [3.8, 4) is 0 Å². The number of hydrogen-bond donors (Lipinski definition) is 1. The molecule has 31 heavy (non-hydrogen) atoms. The van der Waals surface area contributed by atoms with Crippen LogP contribution in [0.15, 0.2) is 54.6 Å². The second-order valence-electron chi connectivity index (χ2n) is 8.06. The lowest BCUT2D eigenvalue weighted by atomic mass is 10.2. The van der Waals surface area contributed by atoms with Crippen LogP contribution >= 0.6 is 0 Å². The third kappa shape index (κ3) is 6.54. The Morgan fingerprint density at radius 2 is 1.65 bits per heavy atom. The lowest BCUT2D eigenvalue weighted by Crippen LogP contribution is -2.44. The Morgan fingerprint density at radius 3 is 2.26 bits per heavy atom. The largest absolute Gasteiger partial charge is 0.378 e. The Morgan fingerprint density at radius 1 is 1.00 bits per heavy atom. The summed E-state index contributed by atoms with van der Waals surface area (Å²) in [6.45, 7) is 7.50. The van der Waals surface area contributed by atoms with Gasteiger partial charge in [0.25, 0.3) is 0 Å². The van der Waals surface area contributed by atoms with E-state index in [1.807, 2.05) is 68.4 Å². The van der Waals surface area contributed by atoms with E-state index in [1.54, 1.807) is 16.8 Å². The first-order valence-corrected chi connectivity index (χ1v) is 10.7. The van der Waals surface area contributed by atoms with Crippen molar-refractivity contribution in [2.75, 3.05) is 61.6 Å². The molecule has 0 aliphatic carbocycles. The molecular formula is C24H32N4O3. The minimum atomic E-state index is -0.148. The number of benzene rings is 2. The predicted molar refractivity (Wildman–Crippen MR) is 125 cm³/mol. The molecule has 0 saturated carbocycles. The second-order valence-corrected chi connectivity index (χ2v) is 8.06. The van der Waals surface area contributed by atoms with Crippen molar-refractivity contribution in [1.29, 1.82) is 0 Å². The van der Waals surface area contributed by atoms with E-state index in [4.69, 9.17) is 4.74 Å². The molecule has 1 saturated heterocycles. The molecule has 166 valence electrons. The minimum absolute atomic E-state index is 0.0297. The maximum atomic E-state index is 12.9. The molecule has 0 aromatic heterocycles. The number of amides is 2. The van der Waals surface area contributed by atoms with E-state index in [9.17, 15) is 9.59 Å². The Kier molecular flexibility index (Phi) is 8.03. The van der Waals surface area contributed by atoms with Crippen molar-refractivity contribution in [3.05, 3.63) is 54.6 Å². The van der Waals surface area contributed by atoms with Gasteiger partial charge in [-0.15, -0.1) is 0 Å². The maximum Gasteiger partial charge on any atom is 0.241 e. The molecule has 2 aromatic carbocycles. The van der Waals surface area contributed by atoms with Gasteiger partial charge in [0.2, 0.25) is 11.8 Å². The standard InChI is InChI=1S/C24H32N4O3/c1-19(2)28(22-7-5-4-6-8-22)24(30)18-26(3)17-23(29)25-20-9-11-21(12-10-20)27-13-15-31-16-14-27/h4-12,19H,13-18H2,1-3H3,(H,25,29). The molecule has 3 rings (SSSR count). The summed E-state index contributed by atoms with van der Waals surface area (Å²) in [5.41, 5.74) is 2.73. The van der Waals surface area contributed by atoms with E-state index in [-0.39, 0.29) is 30.9 Å². The zero-order valence-electron chi connectivity index (χ0n) is 18.6. The fourth-order valence-corrected chi connectivity index (χ4v) is 3.70. The van der Waals surface area contributed by atoms with Crippen LogP contribution in [0.1, 0.15) is 13.8 Å². The van der Waals surface area contributed by atoms with Gasteiger partial charge < -0.3 is 19.9 Å². The van der Waals surface area contributed by atoms with E-state index in [1.165, 1.54) is 0 Å². The van der Waals surface area contributed by atoms with Crippen LogP contribution in [0.2, 0.25) is 0 Å². The van der Waals surface area contributed by atoms with Crippen LogP contribution in [-0.2, 0) is 14.3 Å². The summed E-state index contributed by atoms with van der Waals surface area (Å²) in [4.78, 5) is 31.1. The quantitative estimate of drug-likeness (QED) is 0.706. The first-order valence-electron chi connectivity index (χ1n) is 10.7. The van der Waals surface area contributed by atoms with Crippen molar-refractivity contribution in [2.24, 2.45) is 0 Å². The lowest BCUT2D eigenvalue weighted by Gasteiger charge is -2.29. The van der Waals surface area contributed by atoms with Crippen LogP contribution in [0, 0.1) is 0 Å². The molecule has 0 bridgehead atoms. The Hall–Kier alpha value is -2.90. The van der Waals surface area contributed by atoms with Gasteiger partial charge in [-0.2, -0.15) is 0 Å². The van der Waals surface area contributed by atoms with Crippen molar-refractivity contribution in [3.63, 3.8) is 0 Å². The number of morpholine rings is 1. The zero-order chi connectivity index (χ0) is 22.2. The molecule has 0 unspecified atom stereocenters. The van der Waals surface area contributed by atoms with Gasteiger partial charge in [-0.1, -0.05) is 18.2 Å². The second kappa shape index (κ2) is 10.9. The van der Waals surface area contributed by atoms with Gasteiger partial charge in [0.1, 0.15) is 0 Å². The van der Waals surface area contributed by atoms with E-state index < -0.39 is 0 Å². The molecule has 1 N–H and O–H groups in total. The van der Waals surface area contributed by atoms with E-state index in [0.717, 1.165) is 43.4 Å². The number of carbonyl (C=O) groups is 2. The number of anilines is 3. The highest BCUT2D eigenvalue weighted by Crippen LogP contribution is 2.19. The molecule has 7 nitrogen and oxygen atoms in total. The first-order chi connectivity index (χ1) is 14.9. The summed E-state index contributed by atoms with van der Waals surface area (Å²) < 4.78 is 5.38. The minimum Gasteiger partial charge on any atom is -0.378 e. The van der Waals surface area contributed by atoms with Gasteiger partial charge in [0, 0.05) is 36.2 Å². The van der Waals surface area contributed by atoms with Crippen LogP contribution in [0.5, 0.6) is 0 Å². The fraction of sp³-hybridized carbons (Fsp3) is 0.417. The molecular weight excluding hydrogens is 392 g/mol. The number of rotatable bonds is 8. The molecule has 0 radical (unpaired) electrons. The third-order valence-corrected chi connectivity index (χ3v) is 5.17. The summed E-state index contributed by atoms with van der Waals surface area (Å²) in [7, 11) is 1.78. The lowest BCUT2D eigenvalue weighted by molar-refractivity contribution is -0.121. The van der Waals surface area contributed by atoms with Crippen LogP contribution in [0.25, 0.3) is 0 Å². The average Bonchev–Trinajstić information content (AvgIpc) is 2.75. The predicted octanol–water partition coefficient (Wildman–Crippen LogP) is 2.84. The molecule has 1 aliphatic rings. The zero-order valence-corrected chi connectivity index (χ0v) is 18.6. The van der Waals surface area contributed by atoms with Gasteiger partial charge in [-0.3, -0.25) is 14.5 Å². The highest BCUT2D eigenvalue weighted by Gasteiger charge is 2.21. The highest BCUT2D eigenvalue weighted by molar-refractivity contribution is 5.96. The van der Waals surface area contributed by atoms with Crippen molar-refractivity contribution in [2.45, 2.75) is 19.9 Å². The third-order valence-electron chi connectivity index (χ3n) is 5.17. The van der Waals surface area contributed by atoms with Gasteiger partial charge in [-0.25, -0.2) is 0 Å². The van der Waals surface area contributed by atoms with E-state index in [0.29, 0.717) is 0 Å². The summed E-state index contributed by atoms with van der Waals surface area (Å²) in [5, 5.41) is 2.91. The highest BCUT2D eigenvalue weighted by atomic mass is 16.5. The number of para-hydroxylation sites is 1. The Labute approximate surface area is 184 Å². The van der Waals surface area contributed by atoms with Crippen molar-refractivity contribution >= 4 is 28.9 Å².